The van der Waals surface area contributed by atoms with Gasteiger partial charge in [-0.15, -0.1) is 0 Å². The number of Topliss-reactive ketones (excluding diaryl/α,β-unsaturated/α-hetero) is 1. The first kappa shape index (κ1) is 24.1. The van der Waals surface area contributed by atoms with Gasteiger partial charge in [-0.1, -0.05) is 17.7 Å². The molecule has 0 aromatic heterocycles. The highest BCUT2D eigenvalue weighted by Gasteiger charge is 2.46. The van der Waals surface area contributed by atoms with Crippen LogP contribution in [0, 0.1) is 0 Å². The number of phenolic OH excluding ortho intramolecular Hbond substituents is 1. The minimum atomic E-state index is -0.824. The average Bonchev–Trinajstić information content (AvgIpc) is 3.10. The maximum Gasteiger partial charge on any atom is 0.295 e. The number of hydrogen-bond acceptors (Lipinski definition) is 7. The van der Waals surface area contributed by atoms with Crippen molar-refractivity contribution < 1.29 is 29.3 Å². The molecule has 0 bridgehead atoms. The number of rotatable bonds is 7. The van der Waals surface area contributed by atoms with Crippen LogP contribution in [0.1, 0.15) is 23.6 Å². The van der Waals surface area contributed by atoms with Crippen molar-refractivity contribution in [1.29, 1.82) is 0 Å². The largest absolute Gasteiger partial charge is 0.507 e. The quantitative estimate of drug-likeness (QED) is 0.352. The lowest BCUT2D eigenvalue weighted by Gasteiger charge is -2.29. The van der Waals surface area contributed by atoms with Crippen molar-refractivity contribution in [2.45, 2.75) is 12.5 Å². The van der Waals surface area contributed by atoms with Gasteiger partial charge in [0.2, 0.25) is 0 Å². The van der Waals surface area contributed by atoms with E-state index in [9.17, 15) is 19.8 Å². The Hall–Kier alpha value is -3.07. The zero-order chi connectivity index (χ0) is 24.2. The third kappa shape index (κ3) is 4.89. The molecular weight excluding hydrogens is 460 g/mol. The van der Waals surface area contributed by atoms with Crippen molar-refractivity contribution in [3.63, 3.8) is 0 Å². The Morgan fingerprint density at radius 3 is 2.50 bits per heavy atom. The number of carbonyl (C=O) groups excluding carboxylic acids is 2. The van der Waals surface area contributed by atoms with E-state index in [1.54, 1.807) is 36.4 Å². The number of aliphatic hydroxyl groups is 1. The van der Waals surface area contributed by atoms with Crippen LogP contribution in [0.4, 0.5) is 0 Å². The molecule has 0 unspecified atom stereocenters. The van der Waals surface area contributed by atoms with E-state index >= 15 is 0 Å². The van der Waals surface area contributed by atoms with Gasteiger partial charge in [-0.25, -0.2) is 0 Å². The fraction of sp³-hybridized carbons (Fsp3) is 0.360. The number of benzene rings is 2. The van der Waals surface area contributed by atoms with Crippen molar-refractivity contribution >= 4 is 29.1 Å². The van der Waals surface area contributed by atoms with Crippen molar-refractivity contribution in [2.24, 2.45) is 0 Å². The number of hydrogen-bond donors (Lipinski definition) is 2. The number of aliphatic hydroxyl groups excluding tert-OH is 1. The summed E-state index contributed by atoms with van der Waals surface area (Å²) in [6.07, 6.45) is 0.653. The second-order valence-corrected chi connectivity index (χ2v) is 8.67. The molecular formula is C25H27ClN2O6. The summed E-state index contributed by atoms with van der Waals surface area (Å²) in [6, 6.07) is 10.2. The summed E-state index contributed by atoms with van der Waals surface area (Å²) < 4.78 is 10.6. The van der Waals surface area contributed by atoms with Gasteiger partial charge in [0.05, 0.1) is 31.9 Å². The lowest BCUT2D eigenvalue weighted by Crippen LogP contribution is -2.38. The van der Waals surface area contributed by atoms with E-state index in [1.807, 2.05) is 0 Å². The number of amides is 1. The highest BCUT2D eigenvalue weighted by Crippen LogP contribution is 2.41. The van der Waals surface area contributed by atoms with E-state index in [4.69, 9.17) is 21.1 Å². The minimum Gasteiger partial charge on any atom is -0.507 e. The topological polar surface area (TPSA) is 99.5 Å². The van der Waals surface area contributed by atoms with Crippen LogP contribution in [-0.4, -0.2) is 78.2 Å². The van der Waals surface area contributed by atoms with Gasteiger partial charge in [0.25, 0.3) is 11.7 Å². The van der Waals surface area contributed by atoms with Crippen molar-refractivity contribution in [3.8, 4) is 11.5 Å². The van der Waals surface area contributed by atoms with Crippen LogP contribution in [0.3, 0.4) is 0 Å². The Morgan fingerprint density at radius 2 is 1.82 bits per heavy atom. The number of ether oxygens (including phenoxy) is 2. The van der Waals surface area contributed by atoms with Crippen molar-refractivity contribution in [3.05, 3.63) is 64.2 Å². The molecule has 8 nitrogen and oxygen atoms in total. The Balaban J connectivity index is 1.70. The van der Waals surface area contributed by atoms with E-state index in [-0.39, 0.29) is 22.8 Å². The number of halogens is 1. The predicted molar refractivity (Wildman–Crippen MR) is 127 cm³/mol. The van der Waals surface area contributed by atoms with Gasteiger partial charge < -0.3 is 24.6 Å². The molecule has 2 aliphatic heterocycles. The van der Waals surface area contributed by atoms with Crippen LogP contribution in [-0.2, 0) is 14.3 Å². The van der Waals surface area contributed by atoms with Gasteiger partial charge in [0.15, 0.2) is 11.5 Å². The van der Waals surface area contributed by atoms with Crippen molar-refractivity contribution in [1.82, 2.24) is 9.80 Å². The summed E-state index contributed by atoms with van der Waals surface area (Å²) in [7, 11) is 1.42. The summed E-state index contributed by atoms with van der Waals surface area (Å²) >= 11 is 5.97. The van der Waals surface area contributed by atoms with Crippen LogP contribution < -0.4 is 4.74 Å². The molecule has 4 rings (SSSR count). The Kier molecular flexibility index (Phi) is 7.41. The van der Waals surface area contributed by atoms with E-state index in [0.29, 0.717) is 42.3 Å². The van der Waals surface area contributed by atoms with E-state index in [1.165, 1.54) is 18.1 Å². The van der Waals surface area contributed by atoms with Gasteiger partial charge in [0.1, 0.15) is 5.76 Å². The number of morpholine rings is 1. The molecule has 9 heteroatoms. The summed E-state index contributed by atoms with van der Waals surface area (Å²) in [5.41, 5.74) is 0.925. The molecule has 180 valence electrons. The number of ketones is 1. The molecule has 1 amide bonds. The zero-order valence-electron chi connectivity index (χ0n) is 18.9. The minimum absolute atomic E-state index is 0.00793. The highest BCUT2D eigenvalue weighted by molar-refractivity contribution is 6.46. The molecule has 2 aromatic rings. The summed E-state index contributed by atoms with van der Waals surface area (Å²) in [5, 5.41) is 21.6. The standard InChI is InChI=1S/C25H27ClN2O6/c1-33-20-15-17(5-8-19(20)29)22-21(23(30)16-3-6-18(26)7-4-16)24(31)25(32)28(22)10-2-9-27-11-13-34-14-12-27/h3-8,15,22,29-30H,2,9-14H2,1H3/t22-/m0/s1. The molecule has 2 N–H and O–H groups in total. The van der Waals surface area contributed by atoms with Crippen LogP contribution >= 0.6 is 11.6 Å². The fourth-order valence-corrected chi connectivity index (χ4v) is 4.50. The summed E-state index contributed by atoms with van der Waals surface area (Å²) in [6.45, 7) is 4.10. The lowest BCUT2D eigenvalue weighted by atomic mass is 9.95. The number of likely N-dealkylation sites (tertiary alicyclic amines) is 1. The maximum atomic E-state index is 13.1. The molecule has 2 fully saturated rings. The first-order valence-electron chi connectivity index (χ1n) is 11.1. The summed E-state index contributed by atoms with van der Waals surface area (Å²) in [5.74, 6) is -1.55. The van der Waals surface area contributed by atoms with Gasteiger partial charge >= 0.3 is 0 Å². The Morgan fingerprint density at radius 1 is 1.12 bits per heavy atom. The number of aromatic hydroxyl groups is 1. The highest BCUT2D eigenvalue weighted by atomic mass is 35.5. The monoisotopic (exact) mass is 486 g/mol. The second kappa shape index (κ2) is 10.5. The van der Waals surface area contributed by atoms with E-state index < -0.39 is 17.7 Å². The van der Waals surface area contributed by atoms with Crippen LogP contribution in [0.2, 0.25) is 5.02 Å². The number of nitrogens with zero attached hydrogens (tertiary/aromatic N) is 2. The molecule has 0 saturated carbocycles. The molecule has 2 aromatic carbocycles. The average molecular weight is 487 g/mol. The molecule has 0 spiro atoms. The zero-order valence-corrected chi connectivity index (χ0v) is 19.6. The third-order valence-electron chi connectivity index (χ3n) is 6.15. The summed E-state index contributed by atoms with van der Waals surface area (Å²) in [4.78, 5) is 30.0. The molecule has 34 heavy (non-hydrogen) atoms. The molecule has 2 saturated heterocycles. The molecule has 2 heterocycles. The first-order valence-corrected chi connectivity index (χ1v) is 11.5. The molecule has 0 aliphatic carbocycles. The van der Waals surface area contributed by atoms with Crippen molar-refractivity contribution in [2.75, 3.05) is 46.5 Å². The van der Waals surface area contributed by atoms with E-state index in [0.717, 1.165) is 19.6 Å². The fourth-order valence-electron chi connectivity index (χ4n) is 4.37. The SMILES string of the molecule is COc1cc([C@H]2C(=C(O)c3ccc(Cl)cc3)C(=O)C(=O)N2CCCN2CCOCC2)ccc1O. The normalized spacial score (nSPS) is 20.6. The predicted octanol–water partition coefficient (Wildman–Crippen LogP) is 3.20. The number of phenols is 1. The van der Waals surface area contributed by atoms with Gasteiger partial charge in [-0.3, -0.25) is 14.5 Å². The lowest BCUT2D eigenvalue weighted by molar-refractivity contribution is -0.140. The second-order valence-electron chi connectivity index (χ2n) is 8.24. The Bertz CT molecular complexity index is 1100. The Labute approximate surface area is 202 Å². The first-order chi connectivity index (χ1) is 16.4. The third-order valence-corrected chi connectivity index (χ3v) is 6.41. The smallest absolute Gasteiger partial charge is 0.295 e. The van der Waals surface area contributed by atoms with E-state index in [2.05, 4.69) is 4.90 Å². The molecule has 2 aliphatic rings. The molecule has 0 radical (unpaired) electrons. The number of carbonyl (C=O) groups is 2. The van der Waals surface area contributed by atoms with Gasteiger partial charge in [-0.05, 0) is 48.4 Å². The van der Waals surface area contributed by atoms with Crippen LogP contribution in [0.15, 0.2) is 48.0 Å². The maximum absolute atomic E-state index is 13.1. The van der Waals surface area contributed by atoms with Gasteiger partial charge in [-0.2, -0.15) is 0 Å². The number of methoxy groups -OCH3 is 1. The van der Waals surface area contributed by atoms with Crippen LogP contribution in [0.5, 0.6) is 11.5 Å². The molecule has 1 atom stereocenters. The van der Waals surface area contributed by atoms with Crippen LogP contribution in [0.25, 0.3) is 5.76 Å². The van der Waals surface area contributed by atoms with Gasteiger partial charge in [0, 0.05) is 36.8 Å².